The quantitative estimate of drug-likeness (QED) is 0.792. The molecule has 2 rings (SSSR count). The Morgan fingerprint density at radius 3 is 2.50 bits per heavy atom. The van der Waals surface area contributed by atoms with E-state index in [4.69, 9.17) is 0 Å². The predicted octanol–water partition coefficient (Wildman–Crippen LogP) is 4.28. The van der Waals surface area contributed by atoms with Crippen molar-refractivity contribution < 1.29 is 0 Å². The molecule has 1 saturated carbocycles. The number of nitrogens with zero attached hydrogens (tertiary/aromatic N) is 1. The molecule has 0 aliphatic heterocycles. The molecule has 1 aromatic carbocycles. The number of benzene rings is 1. The molecule has 1 fully saturated rings. The van der Waals surface area contributed by atoms with Crippen molar-refractivity contribution in [1.82, 2.24) is 0 Å². The average molecular weight is 278 g/mol. The van der Waals surface area contributed by atoms with E-state index < -0.39 is 0 Å². The summed E-state index contributed by atoms with van der Waals surface area (Å²) in [5, 5.41) is 9.44. The molecule has 1 aliphatic carbocycles. The van der Waals surface area contributed by atoms with Gasteiger partial charge in [-0.3, -0.25) is 0 Å². The summed E-state index contributed by atoms with van der Waals surface area (Å²) >= 11 is 3.55. The fraction of sp³-hybridized carbons (Fsp3) is 0.500. The first-order chi connectivity index (χ1) is 7.59. The third kappa shape index (κ3) is 1.78. The van der Waals surface area contributed by atoms with E-state index in [1.807, 2.05) is 18.2 Å². The third-order valence-electron chi connectivity index (χ3n) is 3.77. The molecule has 2 heteroatoms. The van der Waals surface area contributed by atoms with Crippen molar-refractivity contribution in [1.29, 1.82) is 5.26 Å². The monoisotopic (exact) mass is 277 g/mol. The van der Waals surface area contributed by atoms with Crippen molar-refractivity contribution in [2.75, 3.05) is 0 Å². The van der Waals surface area contributed by atoms with Crippen LogP contribution in [0.1, 0.15) is 32.3 Å². The van der Waals surface area contributed by atoms with E-state index in [0.717, 1.165) is 22.9 Å². The van der Waals surface area contributed by atoms with Crippen LogP contribution < -0.4 is 0 Å². The maximum absolute atomic E-state index is 9.44. The van der Waals surface area contributed by atoms with Gasteiger partial charge >= 0.3 is 0 Å². The standard InChI is InChI=1S/C14H16BrN/c1-10(2)11-7-14(8-11,9-16)12-5-3-4-6-13(12)15/h3-6,10-11H,7-8H2,1-2H3. The number of hydrogen-bond acceptors (Lipinski definition) is 1. The molecule has 0 bridgehead atoms. The van der Waals surface area contributed by atoms with E-state index in [0.29, 0.717) is 11.8 Å². The maximum Gasteiger partial charge on any atom is 0.0838 e. The topological polar surface area (TPSA) is 23.8 Å². The molecular weight excluding hydrogens is 262 g/mol. The smallest absolute Gasteiger partial charge is 0.0838 e. The second-order valence-electron chi connectivity index (χ2n) is 5.09. The van der Waals surface area contributed by atoms with Gasteiger partial charge in [0.2, 0.25) is 0 Å². The van der Waals surface area contributed by atoms with Crippen molar-refractivity contribution in [3.63, 3.8) is 0 Å². The normalized spacial score (nSPS) is 28.6. The van der Waals surface area contributed by atoms with Crippen LogP contribution in [0.4, 0.5) is 0 Å². The zero-order valence-corrected chi connectivity index (χ0v) is 11.3. The van der Waals surface area contributed by atoms with Crippen LogP contribution in [0.25, 0.3) is 0 Å². The summed E-state index contributed by atoms with van der Waals surface area (Å²) in [5.41, 5.74) is 0.920. The summed E-state index contributed by atoms with van der Waals surface area (Å²) < 4.78 is 1.07. The number of nitriles is 1. The Balaban J connectivity index is 2.27. The molecule has 1 aliphatic rings. The molecule has 0 N–H and O–H groups in total. The van der Waals surface area contributed by atoms with Gasteiger partial charge in [0.15, 0.2) is 0 Å². The fourth-order valence-electron chi connectivity index (χ4n) is 2.53. The van der Waals surface area contributed by atoms with Gasteiger partial charge < -0.3 is 0 Å². The van der Waals surface area contributed by atoms with Crippen LogP contribution in [-0.4, -0.2) is 0 Å². The lowest BCUT2D eigenvalue weighted by molar-refractivity contribution is 0.144. The number of rotatable bonds is 2. The van der Waals surface area contributed by atoms with Crippen LogP contribution in [-0.2, 0) is 5.41 Å². The lowest BCUT2D eigenvalue weighted by atomic mass is 9.56. The second-order valence-corrected chi connectivity index (χ2v) is 5.94. The molecule has 0 atom stereocenters. The molecule has 0 radical (unpaired) electrons. The average Bonchev–Trinajstić information content (AvgIpc) is 2.19. The zero-order chi connectivity index (χ0) is 11.8. The molecule has 0 heterocycles. The second kappa shape index (κ2) is 4.22. The molecule has 0 spiro atoms. The van der Waals surface area contributed by atoms with E-state index >= 15 is 0 Å². The van der Waals surface area contributed by atoms with Gasteiger partial charge in [-0.1, -0.05) is 48.0 Å². The van der Waals surface area contributed by atoms with Gasteiger partial charge in [0.25, 0.3) is 0 Å². The third-order valence-corrected chi connectivity index (χ3v) is 4.46. The number of hydrogen-bond donors (Lipinski definition) is 0. The van der Waals surface area contributed by atoms with Gasteiger partial charge in [0.05, 0.1) is 11.5 Å². The predicted molar refractivity (Wildman–Crippen MR) is 69.0 cm³/mol. The minimum absolute atomic E-state index is 0.241. The molecule has 0 unspecified atom stereocenters. The Bertz CT molecular complexity index is 425. The Morgan fingerprint density at radius 2 is 2.00 bits per heavy atom. The lowest BCUT2D eigenvalue weighted by Gasteiger charge is -2.45. The highest BCUT2D eigenvalue weighted by Crippen LogP contribution is 2.51. The first-order valence-electron chi connectivity index (χ1n) is 5.75. The summed E-state index contributed by atoms with van der Waals surface area (Å²) in [7, 11) is 0. The molecule has 0 aromatic heterocycles. The Morgan fingerprint density at radius 1 is 1.38 bits per heavy atom. The highest BCUT2D eigenvalue weighted by Gasteiger charge is 2.47. The summed E-state index contributed by atoms with van der Waals surface area (Å²) in [4.78, 5) is 0. The Labute approximate surface area is 106 Å². The van der Waals surface area contributed by atoms with E-state index in [9.17, 15) is 5.26 Å². The highest BCUT2D eigenvalue weighted by molar-refractivity contribution is 9.10. The number of halogens is 1. The summed E-state index contributed by atoms with van der Waals surface area (Å²) in [6, 6.07) is 10.6. The SMILES string of the molecule is CC(C)C1CC(C#N)(c2ccccc2Br)C1. The van der Waals surface area contributed by atoms with Crippen LogP contribution in [0.5, 0.6) is 0 Å². The van der Waals surface area contributed by atoms with Crippen LogP contribution in [0.15, 0.2) is 28.7 Å². The van der Waals surface area contributed by atoms with E-state index in [-0.39, 0.29) is 5.41 Å². The molecule has 84 valence electrons. The minimum atomic E-state index is -0.241. The lowest BCUT2D eigenvalue weighted by Crippen LogP contribution is -2.42. The largest absolute Gasteiger partial charge is 0.197 e. The van der Waals surface area contributed by atoms with Gasteiger partial charge in [-0.05, 0) is 36.3 Å². The molecule has 1 aromatic rings. The van der Waals surface area contributed by atoms with Crippen molar-refractivity contribution >= 4 is 15.9 Å². The maximum atomic E-state index is 9.44. The van der Waals surface area contributed by atoms with Crippen molar-refractivity contribution in [2.24, 2.45) is 11.8 Å². The van der Waals surface area contributed by atoms with Crippen LogP contribution in [0.2, 0.25) is 0 Å². The molecular formula is C14H16BrN. The van der Waals surface area contributed by atoms with Crippen molar-refractivity contribution in [2.45, 2.75) is 32.1 Å². The highest BCUT2D eigenvalue weighted by atomic mass is 79.9. The Kier molecular flexibility index (Phi) is 3.08. The van der Waals surface area contributed by atoms with Crippen LogP contribution in [0.3, 0.4) is 0 Å². The van der Waals surface area contributed by atoms with Gasteiger partial charge in [0.1, 0.15) is 0 Å². The molecule has 0 saturated heterocycles. The van der Waals surface area contributed by atoms with Crippen molar-refractivity contribution in [3.05, 3.63) is 34.3 Å². The van der Waals surface area contributed by atoms with E-state index in [1.54, 1.807) is 0 Å². The summed E-state index contributed by atoms with van der Waals surface area (Å²) in [6.07, 6.45) is 2.01. The van der Waals surface area contributed by atoms with E-state index in [2.05, 4.69) is 41.9 Å². The fourth-order valence-corrected chi connectivity index (χ4v) is 3.19. The summed E-state index contributed by atoms with van der Waals surface area (Å²) in [6.45, 7) is 4.48. The van der Waals surface area contributed by atoms with Gasteiger partial charge in [-0.2, -0.15) is 5.26 Å². The molecule has 16 heavy (non-hydrogen) atoms. The van der Waals surface area contributed by atoms with Crippen LogP contribution in [0, 0.1) is 23.2 Å². The molecule has 0 amide bonds. The molecule has 1 nitrogen and oxygen atoms in total. The minimum Gasteiger partial charge on any atom is -0.197 e. The summed E-state index contributed by atoms with van der Waals surface area (Å²) in [5.74, 6) is 1.38. The first kappa shape index (κ1) is 11.7. The first-order valence-corrected chi connectivity index (χ1v) is 6.54. The van der Waals surface area contributed by atoms with Gasteiger partial charge in [0, 0.05) is 4.47 Å². The van der Waals surface area contributed by atoms with E-state index in [1.165, 1.54) is 0 Å². The van der Waals surface area contributed by atoms with Gasteiger partial charge in [-0.15, -0.1) is 0 Å². The Hall–Kier alpha value is -0.810. The van der Waals surface area contributed by atoms with Crippen molar-refractivity contribution in [3.8, 4) is 6.07 Å². The van der Waals surface area contributed by atoms with Crippen LogP contribution >= 0.6 is 15.9 Å². The zero-order valence-electron chi connectivity index (χ0n) is 9.70. The van der Waals surface area contributed by atoms with Gasteiger partial charge in [-0.25, -0.2) is 0 Å².